The lowest BCUT2D eigenvalue weighted by atomic mass is 9.98. The molecule has 3 aromatic rings. The third-order valence-electron chi connectivity index (χ3n) is 4.23. The Hall–Kier alpha value is -3.13. The van der Waals surface area contributed by atoms with Gasteiger partial charge in [0.15, 0.2) is 0 Å². The number of carbonyl (C=O) groups excluding carboxylic acids is 1. The number of benzene rings is 2. The van der Waals surface area contributed by atoms with Crippen molar-refractivity contribution in [3.8, 4) is 11.1 Å². The van der Waals surface area contributed by atoms with Gasteiger partial charge in [0.05, 0.1) is 11.1 Å². The van der Waals surface area contributed by atoms with Gasteiger partial charge in [0, 0.05) is 29.0 Å². The summed E-state index contributed by atoms with van der Waals surface area (Å²) in [5, 5.41) is 18.4. The topological polar surface area (TPSA) is 91.4 Å². The van der Waals surface area contributed by atoms with Gasteiger partial charge in [-0.2, -0.15) is 0 Å². The summed E-state index contributed by atoms with van der Waals surface area (Å²) in [7, 11) is 0. The molecule has 134 valence electrons. The predicted molar refractivity (Wildman–Crippen MR) is 105 cm³/mol. The van der Waals surface area contributed by atoms with Gasteiger partial charge in [-0.05, 0) is 34.4 Å². The minimum Gasteiger partial charge on any atom is -0.307 e. The van der Waals surface area contributed by atoms with Gasteiger partial charge < -0.3 is 5.32 Å². The van der Waals surface area contributed by atoms with Gasteiger partial charge in [0.2, 0.25) is 0 Å². The highest BCUT2D eigenvalue weighted by atomic mass is 32.2. The lowest BCUT2D eigenvalue weighted by Crippen LogP contribution is -2.41. The number of hydrogen-bond acceptors (Lipinski definition) is 7. The second-order valence-corrected chi connectivity index (χ2v) is 6.94. The molecule has 0 saturated heterocycles. The van der Waals surface area contributed by atoms with Crippen LogP contribution < -0.4 is 5.32 Å². The highest BCUT2D eigenvalue weighted by molar-refractivity contribution is 7.98. The van der Waals surface area contributed by atoms with E-state index in [-0.39, 0.29) is 5.91 Å². The van der Waals surface area contributed by atoms with Crippen LogP contribution >= 0.6 is 11.8 Å². The fourth-order valence-corrected chi connectivity index (χ4v) is 3.82. The maximum absolute atomic E-state index is 13.1. The monoisotopic (exact) mass is 376 g/mol. The molecule has 0 aliphatic carbocycles. The van der Waals surface area contributed by atoms with Crippen molar-refractivity contribution in [3.63, 3.8) is 0 Å². The van der Waals surface area contributed by atoms with Crippen molar-refractivity contribution in [3.05, 3.63) is 60.3 Å². The summed E-state index contributed by atoms with van der Waals surface area (Å²) in [6, 6.07) is 15.6. The second-order valence-electron chi connectivity index (χ2n) is 6.13. The van der Waals surface area contributed by atoms with E-state index < -0.39 is 5.79 Å². The highest BCUT2D eigenvalue weighted by Gasteiger charge is 2.31. The average Bonchev–Trinajstić information content (AvgIpc) is 3.12. The quantitative estimate of drug-likeness (QED) is 0.659. The van der Waals surface area contributed by atoms with Crippen LogP contribution in [-0.4, -0.2) is 22.9 Å². The number of carbonyl (C=O) groups is 1. The smallest absolute Gasteiger partial charge is 0.266 e. The van der Waals surface area contributed by atoms with Crippen molar-refractivity contribution >= 4 is 28.6 Å². The maximum atomic E-state index is 13.1. The van der Waals surface area contributed by atoms with Crippen molar-refractivity contribution in [1.82, 2.24) is 10.3 Å². The fourth-order valence-electron chi connectivity index (χ4n) is 3.03. The maximum Gasteiger partial charge on any atom is 0.266 e. The summed E-state index contributed by atoms with van der Waals surface area (Å²) in [5.74, 6) is -1.46. The molecule has 0 spiro atoms. The molecule has 0 fully saturated rings. The number of fused-ring (bicyclic) bond motifs is 1. The summed E-state index contributed by atoms with van der Waals surface area (Å²) < 4.78 is 0. The molecule has 1 aromatic heterocycles. The number of aromatic nitrogens is 1. The molecule has 0 atom stereocenters. The molecule has 1 amide bonds. The molecule has 0 radical (unpaired) electrons. The zero-order valence-electron chi connectivity index (χ0n) is 14.7. The number of hydrogen-bond donors (Lipinski definition) is 1. The van der Waals surface area contributed by atoms with Crippen LogP contribution in [-0.2, 0) is 0 Å². The van der Waals surface area contributed by atoms with E-state index in [1.54, 1.807) is 13.1 Å². The van der Waals surface area contributed by atoms with Crippen LogP contribution in [0.3, 0.4) is 0 Å². The number of thioether (sulfide) groups is 1. The molecule has 1 N–H and O–H groups in total. The third-order valence-corrected chi connectivity index (χ3v) is 5.06. The zero-order valence-corrected chi connectivity index (χ0v) is 15.6. The van der Waals surface area contributed by atoms with E-state index in [1.165, 1.54) is 11.8 Å². The fraction of sp³-hybridized carbons (Fsp3) is 0.158. The lowest BCUT2D eigenvalue weighted by molar-refractivity contribution is 0.0908. The number of nitrogens with one attached hydrogen (secondary N) is 1. The molecule has 27 heavy (non-hydrogen) atoms. The predicted octanol–water partition coefficient (Wildman–Crippen LogP) is 4.86. The first kappa shape index (κ1) is 17.3. The summed E-state index contributed by atoms with van der Waals surface area (Å²) >= 11 is 1.51. The van der Waals surface area contributed by atoms with Crippen molar-refractivity contribution in [2.45, 2.75) is 17.6 Å². The summed E-state index contributed by atoms with van der Waals surface area (Å²) in [5.41, 5.74) is 3.34. The molecule has 1 aliphatic rings. The normalized spacial score (nSPS) is 14.6. The van der Waals surface area contributed by atoms with Crippen LogP contribution in [0.2, 0.25) is 0 Å². The van der Waals surface area contributed by atoms with Crippen LogP contribution in [0.5, 0.6) is 0 Å². The largest absolute Gasteiger partial charge is 0.307 e. The Labute approximate surface area is 160 Å². The van der Waals surface area contributed by atoms with Crippen LogP contribution in [0.15, 0.2) is 80.3 Å². The van der Waals surface area contributed by atoms with E-state index in [9.17, 15) is 4.79 Å². The van der Waals surface area contributed by atoms with Crippen molar-refractivity contribution in [1.29, 1.82) is 0 Å². The number of rotatable bonds is 4. The lowest BCUT2D eigenvalue weighted by Gasteiger charge is -2.19. The Balaban J connectivity index is 1.92. The third kappa shape index (κ3) is 3.19. The van der Waals surface area contributed by atoms with Crippen molar-refractivity contribution in [2.24, 2.45) is 20.7 Å². The minimum absolute atomic E-state index is 0.287. The molecule has 2 heterocycles. The standard InChI is InChI=1S/C19H16N6OS/c1-19(22-24-25-23-19)21-18(26)14-11-13-9-6-10-20-16(13)15(17(14)27-2)12-7-4-3-5-8-12/h3-11H,1-2H3,(H,21,26). The van der Waals surface area contributed by atoms with Gasteiger partial charge in [0.25, 0.3) is 11.7 Å². The molecule has 7 nitrogen and oxygen atoms in total. The molecular formula is C19H16N6OS. The zero-order chi connectivity index (χ0) is 18.9. The molecule has 0 bridgehead atoms. The van der Waals surface area contributed by atoms with E-state index in [4.69, 9.17) is 0 Å². The molecular weight excluding hydrogens is 360 g/mol. The first-order valence-electron chi connectivity index (χ1n) is 8.29. The van der Waals surface area contributed by atoms with Gasteiger partial charge >= 0.3 is 0 Å². The summed E-state index contributed by atoms with van der Waals surface area (Å²) in [6.45, 7) is 1.64. The van der Waals surface area contributed by atoms with Gasteiger partial charge in [0.1, 0.15) is 0 Å². The van der Waals surface area contributed by atoms with E-state index in [0.29, 0.717) is 5.56 Å². The van der Waals surface area contributed by atoms with Crippen LogP contribution in [0.1, 0.15) is 17.3 Å². The van der Waals surface area contributed by atoms with E-state index >= 15 is 0 Å². The van der Waals surface area contributed by atoms with Crippen LogP contribution in [0, 0.1) is 0 Å². The summed E-state index contributed by atoms with van der Waals surface area (Å²) in [4.78, 5) is 18.5. The first-order chi connectivity index (χ1) is 13.1. The Morgan fingerprint density at radius 1 is 1.07 bits per heavy atom. The van der Waals surface area contributed by atoms with Gasteiger partial charge in [-0.25, -0.2) is 0 Å². The number of pyridine rings is 1. The van der Waals surface area contributed by atoms with Gasteiger partial charge in [-0.15, -0.1) is 22.0 Å². The van der Waals surface area contributed by atoms with Crippen LogP contribution in [0.4, 0.5) is 0 Å². The van der Waals surface area contributed by atoms with E-state index in [1.807, 2.05) is 54.8 Å². The number of nitrogens with zero attached hydrogens (tertiary/aromatic N) is 5. The molecule has 2 aromatic carbocycles. The number of amides is 1. The molecule has 0 unspecified atom stereocenters. The Kier molecular flexibility index (Phi) is 4.41. The SMILES string of the molecule is CSc1c(C(=O)NC2(C)N=NN=N2)cc2cccnc2c1-c1ccccc1. The molecule has 0 saturated carbocycles. The Morgan fingerprint density at radius 3 is 2.52 bits per heavy atom. The first-order valence-corrected chi connectivity index (χ1v) is 9.51. The Bertz CT molecular complexity index is 1070. The van der Waals surface area contributed by atoms with Gasteiger partial charge in [-0.1, -0.05) is 36.4 Å². The van der Waals surface area contributed by atoms with Crippen molar-refractivity contribution in [2.75, 3.05) is 6.26 Å². The Morgan fingerprint density at radius 2 is 1.81 bits per heavy atom. The molecule has 8 heteroatoms. The molecule has 4 rings (SSSR count). The van der Waals surface area contributed by atoms with Gasteiger partial charge in [-0.3, -0.25) is 9.78 Å². The van der Waals surface area contributed by atoms with E-state index in [0.717, 1.165) is 26.9 Å². The van der Waals surface area contributed by atoms with E-state index in [2.05, 4.69) is 31.0 Å². The van der Waals surface area contributed by atoms with Crippen molar-refractivity contribution < 1.29 is 4.79 Å². The minimum atomic E-state index is -1.18. The molecule has 1 aliphatic heterocycles. The summed E-state index contributed by atoms with van der Waals surface area (Å²) in [6.07, 6.45) is 3.71. The van der Waals surface area contributed by atoms with Crippen LogP contribution in [0.25, 0.3) is 22.0 Å². The highest BCUT2D eigenvalue weighted by Crippen LogP contribution is 2.38. The second kappa shape index (κ2) is 6.88. The average molecular weight is 376 g/mol.